The van der Waals surface area contributed by atoms with E-state index in [9.17, 15) is 19.3 Å². The molecule has 3 atom stereocenters. The van der Waals surface area contributed by atoms with Crippen LogP contribution in [0.15, 0.2) is 15.8 Å². The van der Waals surface area contributed by atoms with Gasteiger partial charge in [-0.25, -0.2) is 9.36 Å². The van der Waals surface area contributed by atoms with E-state index in [2.05, 4.69) is 9.51 Å². The van der Waals surface area contributed by atoms with Crippen LogP contribution in [-0.2, 0) is 13.8 Å². The maximum atomic E-state index is 11.7. The molecule has 0 spiro atoms. The van der Waals surface area contributed by atoms with E-state index in [1.54, 1.807) is 0 Å². The molecule has 1 aromatic heterocycles. The van der Waals surface area contributed by atoms with Crippen LogP contribution in [-0.4, -0.2) is 72.8 Å². The molecule has 0 amide bonds. The molecule has 0 radical (unpaired) electrons. The Morgan fingerprint density at radius 2 is 2.14 bits per heavy atom. The van der Waals surface area contributed by atoms with Crippen molar-refractivity contribution >= 4 is 37.4 Å². The van der Waals surface area contributed by atoms with Crippen LogP contribution in [0.25, 0.3) is 0 Å². The number of hydrogen-bond donors (Lipinski definition) is 4. The Labute approximate surface area is 146 Å². The van der Waals surface area contributed by atoms with Crippen molar-refractivity contribution < 1.29 is 28.7 Å². The molecule has 0 bridgehead atoms. The van der Waals surface area contributed by atoms with Crippen molar-refractivity contribution in [1.82, 2.24) is 9.55 Å². The van der Waals surface area contributed by atoms with Crippen molar-refractivity contribution in [2.75, 3.05) is 6.61 Å². The molecular weight excluding hydrogens is 330 g/mol. The number of nitrogens with zero attached hydrogens (tertiary/aromatic N) is 1. The standard InChI is InChI=1S/C10H15N2O8P.Na.H/c1-5-3-12(10(15)11-9(5)14)8-2-6(13)7(20-8)4-19-21(16,17)18;;/h3,6-8,13H,2,4H2,1H3,(H,11,14,15)(H2,16,17,18);;/t6-,7+,8+;;/m0../s1. The topological polar surface area (TPSA) is 151 Å². The van der Waals surface area contributed by atoms with Gasteiger partial charge < -0.3 is 19.6 Å². The van der Waals surface area contributed by atoms with Crippen LogP contribution in [0.3, 0.4) is 0 Å². The monoisotopic (exact) mass is 346 g/mol. The first-order valence-electron chi connectivity index (χ1n) is 6.03. The number of rotatable bonds is 4. The molecule has 1 aliphatic heterocycles. The van der Waals surface area contributed by atoms with Crippen LogP contribution in [0.4, 0.5) is 0 Å². The number of aromatic amines is 1. The average molecular weight is 346 g/mol. The average Bonchev–Trinajstić information content (AvgIpc) is 2.72. The Morgan fingerprint density at radius 3 is 2.73 bits per heavy atom. The molecule has 0 unspecified atom stereocenters. The first-order chi connectivity index (χ1) is 9.67. The molecule has 2 heterocycles. The third-order valence-corrected chi connectivity index (χ3v) is 3.55. The van der Waals surface area contributed by atoms with Crippen molar-refractivity contribution in [3.05, 3.63) is 32.6 Å². The normalized spacial score (nSPS) is 25.0. The fourth-order valence-electron chi connectivity index (χ4n) is 2.01. The SMILES string of the molecule is Cc1cn([C@H]2C[C@H](O)[C@@H](COP(=O)(O)O)O2)c(=O)[nH]c1=O.[NaH]. The van der Waals surface area contributed by atoms with E-state index in [0.29, 0.717) is 5.56 Å². The summed E-state index contributed by atoms with van der Waals surface area (Å²) >= 11 is 0. The summed E-state index contributed by atoms with van der Waals surface area (Å²) in [5, 5.41) is 9.79. The molecule has 22 heavy (non-hydrogen) atoms. The molecule has 0 aromatic carbocycles. The second-order valence-corrected chi connectivity index (χ2v) is 5.94. The number of phosphoric acid groups is 1. The Bertz CT molecular complexity index is 682. The van der Waals surface area contributed by atoms with Crippen molar-refractivity contribution in [3.63, 3.8) is 0 Å². The number of H-pyrrole nitrogens is 1. The van der Waals surface area contributed by atoms with Gasteiger partial charge in [-0.2, -0.15) is 0 Å². The van der Waals surface area contributed by atoms with E-state index in [1.165, 1.54) is 13.1 Å². The van der Waals surface area contributed by atoms with Crippen molar-refractivity contribution in [2.45, 2.75) is 31.8 Å². The maximum absolute atomic E-state index is 11.7. The number of aryl methyl sites for hydroxylation is 1. The Hall–Kier alpha value is -0.290. The number of nitrogens with one attached hydrogen (secondary N) is 1. The van der Waals surface area contributed by atoms with E-state index in [1.807, 2.05) is 0 Å². The third kappa shape index (κ3) is 4.85. The number of aliphatic hydroxyl groups is 1. The van der Waals surface area contributed by atoms with Gasteiger partial charge in [-0.1, -0.05) is 0 Å². The molecule has 2 rings (SSSR count). The summed E-state index contributed by atoms with van der Waals surface area (Å²) in [7, 11) is -4.67. The molecule has 1 aliphatic rings. The molecule has 0 saturated carbocycles. The van der Waals surface area contributed by atoms with Crippen molar-refractivity contribution in [1.29, 1.82) is 0 Å². The van der Waals surface area contributed by atoms with Gasteiger partial charge in [-0.05, 0) is 6.92 Å². The Morgan fingerprint density at radius 1 is 1.50 bits per heavy atom. The van der Waals surface area contributed by atoms with E-state index in [-0.39, 0.29) is 36.0 Å². The van der Waals surface area contributed by atoms with Crippen LogP contribution in [0.2, 0.25) is 0 Å². The summed E-state index contributed by atoms with van der Waals surface area (Å²) < 4.78 is 21.4. The quantitative estimate of drug-likeness (QED) is 0.359. The molecule has 4 N–H and O–H groups in total. The van der Waals surface area contributed by atoms with Gasteiger partial charge in [0.05, 0.1) is 12.7 Å². The van der Waals surface area contributed by atoms with Crippen LogP contribution in [0.1, 0.15) is 18.2 Å². The van der Waals surface area contributed by atoms with Crippen molar-refractivity contribution in [2.24, 2.45) is 0 Å². The van der Waals surface area contributed by atoms with Gasteiger partial charge in [-0.15, -0.1) is 0 Å². The summed E-state index contributed by atoms with van der Waals surface area (Å²) in [6, 6.07) is 0. The first-order valence-corrected chi connectivity index (χ1v) is 7.56. The van der Waals surface area contributed by atoms with Gasteiger partial charge in [-0.3, -0.25) is 18.9 Å². The zero-order valence-electron chi connectivity index (χ0n) is 11.0. The summed E-state index contributed by atoms with van der Waals surface area (Å²) in [4.78, 5) is 42.3. The molecule has 120 valence electrons. The third-order valence-electron chi connectivity index (χ3n) is 3.07. The zero-order chi connectivity index (χ0) is 15.8. The van der Waals surface area contributed by atoms with Gasteiger partial charge in [0, 0.05) is 18.2 Å². The molecule has 1 fully saturated rings. The summed E-state index contributed by atoms with van der Waals surface area (Å²) in [5.41, 5.74) is -0.918. The van der Waals surface area contributed by atoms with E-state index in [0.717, 1.165) is 4.57 Å². The predicted octanol–water partition coefficient (Wildman–Crippen LogP) is -2.05. The second kappa shape index (κ2) is 7.52. The van der Waals surface area contributed by atoms with Gasteiger partial charge in [0.1, 0.15) is 12.3 Å². The number of hydrogen-bond acceptors (Lipinski definition) is 6. The molecule has 10 nitrogen and oxygen atoms in total. The second-order valence-electron chi connectivity index (χ2n) is 4.70. The molecule has 1 aromatic rings. The minimum absolute atomic E-state index is 0. The number of aliphatic hydroxyl groups excluding tert-OH is 1. The Kier molecular flexibility index (Phi) is 6.75. The van der Waals surface area contributed by atoms with Crippen LogP contribution >= 0.6 is 7.82 Å². The molecule has 0 aliphatic carbocycles. The molecule has 12 heteroatoms. The van der Waals surface area contributed by atoms with Crippen LogP contribution < -0.4 is 11.2 Å². The van der Waals surface area contributed by atoms with Gasteiger partial charge in [0.2, 0.25) is 0 Å². The predicted molar refractivity (Wildman–Crippen MR) is 75.7 cm³/mol. The fraction of sp³-hybridized carbons (Fsp3) is 0.600. The van der Waals surface area contributed by atoms with Gasteiger partial charge in [0.25, 0.3) is 5.56 Å². The number of aromatic nitrogens is 2. The van der Waals surface area contributed by atoms with Crippen molar-refractivity contribution in [3.8, 4) is 0 Å². The van der Waals surface area contributed by atoms with Crippen LogP contribution in [0, 0.1) is 6.92 Å². The molecule has 1 saturated heterocycles. The summed E-state index contributed by atoms with van der Waals surface area (Å²) in [5.74, 6) is 0. The number of phosphoric ester groups is 1. The number of ether oxygens (including phenoxy) is 1. The van der Waals surface area contributed by atoms with Gasteiger partial charge >= 0.3 is 43.1 Å². The Balaban J connectivity index is 0.00000242. The summed E-state index contributed by atoms with van der Waals surface area (Å²) in [6.07, 6.45) is -1.57. The van der Waals surface area contributed by atoms with E-state index >= 15 is 0 Å². The molecular formula is C10H16N2NaO8P. The fourth-order valence-corrected chi connectivity index (χ4v) is 2.35. The zero-order valence-corrected chi connectivity index (χ0v) is 11.9. The minimum atomic E-state index is -4.67. The van der Waals surface area contributed by atoms with E-state index < -0.39 is 44.1 Å². The van der Waals surface area contributed by atoms with E-state index in [4.69, 9.17) is 14.5 Å². The van der Waals surface area contributed by atoms with Gasteiger partial charge in [0.15, 0.2) is 0 Å². The van der Waals surface area contributed by atoms with Crippen LogP contribution in [0.5, 0.6) is 0 Å². The summed E-state index contributed by atoms with van der Waals surface area (Å²) in [6.45, 7) is 0.994. The first kappa shape index (κ1) is 19.8.